The van der Waals surface area contributed by atoms with Gasteiger partial charge in [-0.25, -0.2) is 0 Å². The zero-order valence-electron chi connectivity index (χ0n) is 11.4. The van der Waals surface area contributed by atoms with Crippen molar-refractivity contribution in [3.05, 3.63) is 17.8 Å². The minimum atomic E-state index is -0.186. The minimum Gasteiger partial charge on any atom is -0.364 e. The van der Waals surface area contributed by atoms with E-state index in [9.17, 15) is 4.79 Å². The van der Waals surface area contributed by atoms with E-state index in [-0.39, 0.29) is 5.91 Å². The number of carbonyl (C=O) groups is 1. The molecule has 0 saturated carbocycles. The fourth-order valence-corrected chi connectivity index (χ4v) is 2.21. The third-order valence-electron chi connectivity index (χ3n) is 3.33. The number of hydrogen-bond acceptors (Lipinski definition) is 5. The second-order valence-corrected chi connectivity index (χ2v) is 4.80. The maximum atomic E-state index is 11.6. The maximum absolute atomic E-state index is 11.6. The first-order chi connectivity index (χ1) is 9.20. The van der Waals surface area contributed by atoms with Crippen molar-refractivity contribution in [3.63, 3.8) is 0 Å². The van der Waals surface area contributed by atoms with Crippen LogP contribution in [0.25, 0.3) is 0 Å². The normalized spacial score (nSPS) is 22.8. The molecule has 1 aliphatic heterocycles. The molecule has 1 aromatic rings. The molecule has 6 nitrogen and oxygen atoms in total. The molecule has 2 heterocycles. The van der Waals surface area contributed by atoms with Gasteiger partial charge in [-0.2, -0.15) is 0 Å². The van der Waals surface area contributed by atoms with Crippen LogP contribution >= 0.6 is 0 Å². The number of nitrogens with zero attached hydrogens (tertiary/aromatic N) is 2. The van der Waals surface area contributed by atoms with Gasteiger partial charge in [-0.3, -0.25) is 4.79 Å². The smallest absolute Gasteiger partial charge is 0.271 e. The predicted molar refractivity (Wildman–Crippen MR) is 74.1 cm³/mol. The molecule has 1 aliphatic rings. The molecule has 104 valence electrons. The molecule has 3 N–H and O–H groups in total. The number of rotatable bonds is 4. The highest BCUT2D eigenvalue weighted by Gasteiger charge is 2.20. The van der Waals surface area contributed by atoms with Gasteiger partial charge in [-0.05, 0) is 45.4 Å². The summed E-state index contributed by atoms with van der Waals surface area (Å²) >= 11 is 0. The van der Waals surface area contributed by atoms with Gasteiger partial charge >= 0.3 is 0 Å². The van der Waals surface area contributed by atoms with Gasteiger partial charge in [-0.1, -0.05) is 0 Å². The lowest BCUT2D eigenvalue weighted by atomic mass is 10.00. The van der Waals surface area contributed by atoms with Crippen LogP contribution in [-0.4, -0.2) is 41.3 Å². The highest BCUT2D eigenvalue weighted by molar-refractivity contribution is 5.92. The number of piperidine rings is 1. The van der Waals surface area contributed by atoms with Crippen LogP contribution in [0.3, 0.4) is 0 Å². The van der Waals surface area contributed by atoms with Gasteiger partial charge in [0, 0.05) is 18.6 Å². The summed E-state index contributed by atoms with van der Waals surface area (Å²) in [4.78, 5) is 11.6. The summed E-state index contributed by atoms with van der Waals surface area (Å²) < 4.78 is 0. The fraction of sp³-hybridized carbons (Fsp3) is 0.615. The summed E-state index contributed by atoms with van der Waals surface area (Å²) in [6.45, 7) is 5.69. The summed E-state index contributed by atoms with van der Waals surface area (Å²) in [5, 5.41) is 17.5. The largest absolute Gasteiger partial charge is 0.364 e. The lowest BCUT2D eigenvalue weighted by molar-refractivity contribution is 0.0950. The van der Waals surface area contributed by atoms with Crippen molar-refractivity contribution in [3.8, 4) is 0 Å². The van der Waals surface area contributed by atoms with Crippen molar-refractivity contribution >= 4 is 11.7 Å². The molecule has 1 amide bonds. The summed E-state index contributed by atoms with van der Waals surface area (Å²) in [5.74, 6) is 0.530. The number of nitrogens with one attached hydrogen (secondary N) is 3. The van der Waals surface area contributed by atoms with Crippen LogP contribution in [0.4, 0.5) is 5.82 Å². The van der Waals surface area contributed by atoms with Gasteiger partial charge in [0.15, 0.2) is 5.69 Å². The second-order valence-electron chi connectivity index (χ2n) is 4.80. The Morgan fingerprint density at radius 1 is 1.47 bits per heavy atom. The first-order valence-electron chi connectivity index (χ1n) is 6.82. The number of amides is 1. The quantitative estimate of drug-likeness (QED) is 0.748. The molecule has 2 unspecified atom stereocenters. The van der Waals surface area contributed by atoms with Crippen molar-refractivity contribution in [1.29, 1.82) is 0 Å². The molecular formula is C13H21N5O. The van der Waals surface area contributed by atoms with Gasteiger partial charge in [-0.15, -0.1) is 10.2 Å². The van der Waals surface area contributed by atoms with Crippen molar-refractivity contribution in [2.75, 3.05) is 18.4 Å². The monoisotopic (exact) mass is 263 g/mol. The van der Waals surface area contributed by atoms with Gasteiger partial charge in [0.05, 0.1) is 0 Å². The van der Waals surface area contributed by atoms with E-state index in [4.69, 9.17) is 0 Å². The lowest BCUT2D eigenvalue weighted by Crippen LogP contribution is -2.46. The number of anilines is 1. The average molecular weight is 263 g/mol. The van der Waals surface area contributed by atoms with Crippen LogP contribution in [0.1, 0.15) is 37.2 Å². The van der Waals surface area contributed by atoms with Crippen molar-refractivity contribution < 1.29 is 4.79 Å². The molecule has 1 fully saturated rings. The maximum Gasteiger partial charge on any atom is 0.271 e. The highest BCUT2D eigenvalue weighted by atomic mass is 16.1. The molecular weight excluding hydrogens is 242 g/mol. The van der Waals surface area contributed by atoms with E-state index in [1.807, 2.05) is 6.92 Å². The Morgan fingerprint density at radius 2 is 2.32 bits per heavy atom. The third-order valence-corrected chi connectivity index (χ3v) is 3.33. The number of hydrogen-bond donors (Lipinski definition) is 3. The molecule has 0 radical (unpaired) electrons. The minimum absolute atomic E-state index is 0.186. The molecule has 0 aliphatic carbocycles. The fourth-order valence-electron chi connectivity index (χ4n) is 2.21. The van der Waals surface area contributed by atoms with Crippen LogP contribution in [0.2, 0.25) is 0 Å². The van der Waals surface area contributed by atoms with Gasteiger partial charge in [0.1, 0.15) is 5.82 Å². The molecule has 6 heteroatoms. The Labute approximate surface area is 113 Å². The van der Waals surface area contributed by atoms with E-state index in [0.717, 1.165) is 19.4 Å². The predicted octanol–water partition coefficient (Wildman–Crippen LogP) is 0.779. The average Bonchev–Trinajstić information content (AvgIpc) is 2.42. The summed E-state index contributed by atoms with van der Waals surface area (Å²) in [7, 11) is 0. The molecule has 0 bridgehead atoms. The molecule has 19 heavy (non-hydrogen) atoms. The van der Waals surface area contributed by atoms with E-state index >= 15 is 0 Å². The van der Waals surface area contributed by atoms with E-state index < -0.39 is 0 Å². The van der Waals surface area contributed by atoms with E-state index in [1.54, 1.807) is 12.1 Å². The summed E-state index contributed by atoms with van der Waals surface area (Å²) in [6, 6.07) is 4.28. The lowest BCUT2D eigenvalue weighted by Gasteiger charge is -2.30. The number of aromatic nitrogens is 2. The summed E-state index contributed by atoms with van der Waals surface area (Å²) in [5.41, 5.74) is 0.349. The van der Waals surface area contributed by atoms with Gasteiger partial charge in [0.2, 0.25) is 0 Å². The highest BCUT2D eigenvalue weighted by Crippen LogP contribution is 2.13. The molecule has 1 saturated heterocycles. The Balaban J connectivity index is 1.96. The first kappa shape index (κ1) is 13.7. The Kier molecular flexibility index (Phi) is 4.68. The van der Waals surface area contributed by atoms with Crippen molar-refractivity contribution in [2.24, 2.45) is 0 Å². The molecule has 2 atom stereocenters. The van der Waals surface area contributed by atoms with Gasteiger partial charge < -0.3 is 16.0 Å². The zero-order chi connectivity index (χ0) is 13.7. The van der Waals surface area contributed by atoms with Crippen LogP contribution in [0, 0.1) is 0 Å². The van der Waals surface area contributed by atoms with Gasteiger partial charge in [0.25, 0.3) is 5.91 Å². The Morgan fingerprint density at radius 3 is 2.95 bits per heavy atom. The Bertz CT molecular complexity index is 420. The third kappa shape index (κ3) is 3.64. The molecule has 1 aromatic heterocycles. The summed E-state index contributed by atoms with van der Waals surface area (Å²) in [6.07, 6.45) is 2.28. The van der Waals surface area contributed by atoms with Crippen LogP contribution in [0.5, 0.6) is 0 Å². The number of carbonyl (C=O) groups excluding carboxylic acids is 1. The van der Waals surface area contributed by atoms with E-state index in [2.05, 4.69) is 33.1 Å². The van der Waals surface area contributed by atoms with Crippen LogP contribution in [-0.2, 0) is 0 Å². The van der Waals surface area contributed by atoms with Crippen LogP contribution in [0.15, 0.2) is 12.1 Å². The standard InChI is InChI=1S/C13H21N5O/c1-3-14-13(19)11-6-7-12(18-17-11)16-10-5-4-8-15-9(10)2/h6-7,9-10,15H,3-5,8H2,1-2H3,(H,14,19)(H,16,18). The topological polar surface area (TPSA) is 78.9 Å². The SMILES string of the molecule is CCNC(=O)c1ccc(NC2CCCNC2C)nn1. The van der Waals surface area contributed by atoms with E-state index in [0.29, 0.717) is 30.1 Å². The van der Waals surface area contributed by atoms with E-state index in [1.165, 1.54) is 0 Å². The molecule has 0 spiro atoms. The zero-order valence-corrected chi connectivity index (χ0v) is 11.4. The van der Waals surface area contributed by atoms with Crippen LogP contribution < -0.4 is 16.0 Å². The molecule has 0 aromatic carbocycles. The van der Waals surface area contributed by atoms with Crippen molar-refractivity contribution in [1.82, 2.24) is 20.8 Å². The van der Waals surface area contributed by atoms with Crippen molar-refractivity contribution in [2.45, 2.75) is 38.8 Å². The second kappa shape index (κ2) is 6.47. The Hall–Kier alpha value is -1.69. The first-order valence-corrected chi connectivity index (χ1v) is 6.82. The molecule has 2 rings (SSSR count).